The van der Waals surface area contributed by atoms with Gasteiger partial charge in [0.05, 0.1) is 28.1 Å². The minimum atomic E-state index is 0.0401. The number of carbonyl (C=O) groups excluding carboxylic acids is 1. The van der Waals surface area contributed by atoms with E-state index in [-0.39, 0.29) is 5.91 Å². The molecule has 0 saturated carbocycles. The first-order valence-corrected chi connectivity index (χ1v) is 10.6. The van der Waals surface area contributed by atoms with Gasteiger partial charge >= 0.3 is 0 Å². The molecule has 0 fully saturated rings. The number of halogens is 1. The Morgan fingerprint density at radius 3 is 2.67 bits per heavy atom. The molecule has 5 nitrogen and oxygen atoms in total. The van der Waals surface area contributed by atoms with Crippen LogP contribution in [0, 0.1) is 0 Å². The second kappa shape index (κ2) is 9.01. The Balaban J connectivity index is 1.84. The highest BCUT2D eigenvalue weighted by Gasteiger charge is 2.20. The summed E-state index contributed by atoms with van der Waals surface area (Å²) in [5.74, 6) is 0.828. The molecule has 0 atom stereocenters. The smallest absolute Gasteiger partial charge is 0.234 e. The van der Waals surface area contributed by atoms with E-state index >= 15 is 0 Å². The van der Waals surface area contributed by atoms with E-state index in [9.17, 15) is 4.79 Å². The minimum absolute atomic E-state index is 0.0401. The number of rotatable bonds is 8. The lowest BCUT2D eigenvalue weighted by atomic mass is 10.3. The summed E-state index contributed by atoms with van der Waals surface area (Å²) < 4.78 is 7.00. The van der Waals surface area contributed by atoms with Crippen molar-refractivity contribution < 1.29 is 9.53 Å². The topological polar surface area (TPSA) is 45.7 Å². The second-order valence-corrected chi connectivity index (χ2v) is 9.22. The van der Waals surface area contributed by atoms with Crippen molar-refractivity contribution >= 4 is 55.5 Å². The van der Waals surface area contributed by atoms with Crippen LogP contribution >= 0.6 is 34.3 Å². The molecule has 3 aromatic rings. The fraction of sp³-hybridized carbons (Fsp3) is 0.368. The molecule has 0 saturated heterocycles. The summed E-state index contributed by atoms with van der Waals surface area (Å²) in [4.78, 5) is 22.6. The van der Waals surface area contributed by atoms with Crippen molar-refractivity contribution in [3.8, 4) is 5.75 Å². The molecule has 2 heterocycles. The van der Waals surface area contributed by atoms with Crippen LogP contribution in [-0.4, -0.2) is 50.1 Å². The van der Waals surface area contributed by atoms with Crippen molar-refractivity contribution in [1.29, 1.82) is 0 Å². The molecule has 27 heavy (non-hydrogen) atoms. The summed E-state index contributed by atoms with van der Waals surface area (Å²) in [5, 5.41) is 0.727. The van der Waals surface area contributed by atoms with Crippen molar-refractivity contribution in [3.63, 3.8) is 0 Å². The van der Waals surface area contributed by atoms with Crippen molar-refractivity contribution in [2.45, 2.75) is 12.8 Å². The van der Waals surface area contributed by atoms with Crippen LogP contribution in [0.3, 0.4) is 0 Å². The Kier molecular flexibility index (Phi) is 6.70. The van der Waals surface area contributed by atoms with Gasteiger partial charge in [0.15, 0.2) is 5.13 Å². The Morgan fingerprint density at radius 1 is 1.19 bits per heavy atom. The number of aromatic nitrogens is 1. The van der Waals surface area contributed by atoms with Gasteiger partial charge in [0.1, 0.15) is 5.75 Å². The summed E-state index contributed by atoms with van der Waals surface area (Å²) in [7, 11) is 5.71. The summed E-state index contributed by atoms with van der Waals surface area (Å²) in [6.07, 6.45) is 1.21. The van der Waals surface area contributed by atoms with Crippen LogP contribution in [0.2, 0.25) is 4.34 Å². The summed E-state index contributed by atoms with van der Waals surface area (Å²) in [6.45, 7) is 1.54. The van der Waals surface area contributed by atoms with Gasteiger partial charge in [-0.3, -0.25) is 9.69 Å². The van der Waals surface area contributed by atoms with Crippen LogP contribution < -0.4 is 9.64 Å². The highest BCUT2D eigenvalue weighted by molar-refractivity contribution is 7.22. The zero-order chi connectivity index (χ0) is 19.4. The van der Waals surface area contributed by atoms with Crippen molar-refractivity contribution in [2.24, 2.45) is 0 Å². The number of thiazole rings is 1. The molecular formula is C19H22ClN3O2S2. The third kappa shape index (κ3) is 5.19. The number of ether oxygens (including phenoxy) is 1. The average molecular weight is 424 g/mol. The van der Waals surface area contributed by atoms with E-state index in [1.165, 1.54) is 22.7 Å². The van der Waals surface area contributed by atoms with E-state index in [0.717, 1.165) is 38.9 Å². The van der Waals surface area contributed by atoms with Crippen LogP contribution in [0.15, 0.2) is 30.3 Å². The van der Waals surface area contributed by atoms with Gasteiger partial charge in [0.2, 0.25) is 5.91 Å². The highest BCUT2D eigenvalue weighted by atomic mass is 35.5. The van der Waals surface area contributed by atoms with Gasteiger partial charge in [0, 0.05) is 11.4 Å². The fourth-order valence-electron chi connectivity index (χ4n) is 2.70. The van der Waals surface area contributed by atoms with E-state index in [1.54, 1.807) is 12.0 Å². The van der Waals surface area contributed by atoms with E-state index in [0.29, 0.717) is 17.3 Å². The van der Waals surface area contributed by atoms with Gasteiger partial charge in [-0.1, -0.05) is 22.9 Å². The molecule has 8 heteroatoms. The molecule has 1 amide bonds. The molecule has 0 aliphatic rings. The normalized spacial score (nSPS) is 11.3. The number of hydrogen-bond acceptors (Lipinski definition) is 6. The molecule has 3 rings (SSSR count). The Morgan fingerprint density at radius 2 is 2.00 bits per heavy atom. The summed E-state index contributed by atoms with van der Waals surface area (Å²) in [5.41, 5.74) is 0.875. The second-order valence-electron chi connectivity index (χ2n) is 6.41. The lowest BCUT2D eigenvalue weighted by Gasteiger charge is -2.20. The molecule has 144 valence electrons. The number of hydrogen-bond donors (Lipinski definition) is 0. The molecule has 0 aliphatic heterocycles. The number of fused-ring (bicyclic) bond motifs is 1. The van der Waals surface area contributed by atoms with Crippen LogP contribution in [-0.2, 0) is 11.2 Å². The largest absolute Gasteiger partial charge is 0.497 e. The Labute approximate surface area is 172 Å². The summed E-state index contributed by atoms with van der Waals surface area (Å²) >= 11 is 8.97. The van der Waals surface area contributed by atoms with Crippen LogP contribution in [0.1, 0.15) is 11.3 Å². The van der Waals surface area contributed by atoms with E-state index in [1.807, 2.05) is 44.4 Å². The Bertz CT molecular complexity index is 923. The molecule has 1 aromatic carbocycles. The monoisotopic (exact) mass is 423 g/mol. The SMILES string of the molecule is COc1ccc2nc(N(CCCN(C)C)C(=O)Cc3ccc(Cl)s3)sc2c1. The molecule has 0 spiro atoms. The molecule has 0 N–H and O–H groups in total. The van der Waals surface area contributed by atoms with Crippen molar-refractivity contribution in [1.82, 2.24) is 9.88 Å². The first-order chi connectivity index (χ1) is 13.0. The number of anilines is 1. The van der Waals surface area contributed by atoms with Crippen LogP contribution in [0.25, 0.3) is 10.2 Å². The molecular weight excluding hydrogens is 402 g/mol. The Hall–Kier alpha value is -1.67. The maximum Gasteiger partial charge on any atom is 0.234 e. The first kappa shape index (κ1) is 20.1. The predicted octanol–water partition coefficient (Wildman–Crippen LogP) is 4.55. The fourth-order valence-corrected chi connectivity index (χ4v) is 4.81. The standard InChI is InChI=1S/C19H22ClN3O2S2/c1-22(2)9-4-10-23(18(24)12-14-6-8-17(20)26-14)19-21-15-7-5-13(25-3)11-16(15)27-19/h5-8,11H,4,9-10,12H2,1-3H3. The predicted molar refractivity (Wildman–Crippen MR) is 115 cm³/mol. The van der Waals surface area contributed by atoms with Gasteiger partial charge in [-0.2, -0.15) is 0 Å². The third-order valence-corrected chi connectivity index (χ3v) is 6.33. The lowest BCUT2D eigenvalue weighted by molar-refractivity contribution is -0.118. The maximum absolute atomic E-state index is 13.0. The molecule has 0 radical (unpaired) electrons. The molecule has 0 unspecified atom stereocenters. The molecule has 2 aromatic heterocycles. The number of carbonyl (C=O) groups is 1. The molecule has 0 bridgehead atoms. The average Bonchev–Trinajstić information content (AvgIpc) is 3.23. The van der Waals surface area contributed by atoms with E-state index in [4.69, 9.17) is 16.3 Å². The minimum Gasteiger partial charge on any atom is -0.497 e. The first-order valence-electron chi connectivity index (χ1n) is 8.60. The maximum atomic E-state index is 13.0. The number of thiophene rings is 1. The number of nitrogens with zero attached hydrogens (tertiary/aromatic N) is 3. The zero-order valence-electron chi connectivity index (χ0n) is 15.6. The molecule has 0 aliphatic carbocycles. The van der Waals surface area contributed by atoms with Crippen molar-refractivity contribution in [2.75, 3.05) is 39.2 Å². The number of benzene rings is 1. The lowest BCUT2D eigenvalue weighted by Crippen LogP contribution is -2.34. The summed E-state index contributed by atoms with van der Waals surface area (Å²) in [6, 6.07) is 9.51. The van der Waals surface area contributed by atoms with Gasteiger partial charge < -0.3 is 9.64 Å². The third-order valence-electron chi connectivity index (χ3n) is 4.06. The highest BCUT2D eigenvalue weighted by Crippen LogP contribution is 2.32. The van der Waals surface area contributed by atoms with Crippen molar-refractivity contribution in [3.05, 3.63) is 39.5 Å². The zero-order valence-corrected chi connectivity index (χ0v) is 18.0. The van der Waals surface area contributed by atoms with Gasteiger partial charge in [-0.15, -0.1) is 11.3 Å². The number of amides is 1. The van der Waals surface area contributed by atoms with Crippen LogP contribution in [0.5, 0.6) is 5.75 Å². The van der Waals surface area contributed by atoms with Gasteiger partial charge in [0.25, 0.3) is 0 Å². The van der Waals surface area contributed by atoms with E-state index < -0.39 is 0 Å². The van der Waals surface area contributed by atoms with Crippen LogP contribution in [0.4, 0.5) is 5.13 Å². The van der Waals surface area contributed by atoms with Gasteiger partial charge in [-0.25, -0.2) is 4.98 Å². The van der Waals surface area contributed by atoms with Gasteiger partial charge in [-0.05, 0) is 57.4 Å². The number of methoxy groups -OCH3 is 1. The quantitative estimate of drug-likeness (QED) is 0.533. The van der Waals surface area contributed by atoms with E-state index in [2.05, 4.69) is 9.88 Å².